The maximum atomic E-state index is 5.25. The largest absolute Gasteiger partial charge is 0.375 e. The summed E-state index contributed by atoms with van der Waals surface area (Å²) in [6.07, 6.45) is 9.07. The molecule has 0 spiro atoms. The van der Waals surface area contributed by atoms with Gasteiger partial charge in [0.2, 0.25) is 0 Å². The molecule has 0 saturated heterocycles. The van der Waals surface area contributed by atoms with Crippen molar-refractivity contribution in [2.45, 2.75) is 12.8 Å². The second-order valence-corrected chi connectivity index (χ2v) is 4.14. The van der Waals surface area contributed by atoms with Gasteiger partial charge < -0.3 is 5.73 Å². The van der Waals surface area contributed by atoms with Crippen molar-refractivity contribution in [3.63, 3.8) is 0 Å². The summed E-state index contributed by atoms with van der Waals surface area (Å²) in [5.41, 5.74) is 7.83. The normalized spacial score (nSPS) is 35.8. The molecular weight excluding hydrogens is 182 g/mol. The van der Waals surface area contributed by atoms with Crippen molar-refractivity contribution in [1.82, 2.24) is 5.43 Å². The molecule has 2 aliphatic carbocycles. The number of hydrazone groups is 1. The van der Waals surface area contributed by atoms with Crippen LogP contribution in [0, 0.1) is 17.8 Å². The molecule has 4 heteroatoms. The molecule has 2 rings (SSSR count). The molecule has 3 unspecified atom stereocenters. The van der Waals surface area contributed by atoms with E-state index in [0.717, 1.165) is 5.92 Å². The molecule has 0 aromatic carbocycles. The zero-order valence-corrected chi connectivity index (χ0v) is 8.13. The number of allylic oxidation sites excluding steroid dienone is 2. The number of nitrogens with two attached hydrogens (primary N) is 1. The quantitative estimate of drug-likeness (QED) is 0.299. The van der Waals surface area contributed by atoms with Gasteiger partial charge in [0.15, 0.2) is 5.11 Å². The third-order valence-corrected chi connectivity index (χ3v) is 2.86. The predicted molar refractivity (Wildman–Crippen MR) is 57.3 cm³/mol. The highest BCUT2D eigenvalue weighted by atomic mass is 32.1. The van der Waals surface area contributed by atoms with Crippen LogP contribution in [0.3, 0.4) is 0 Å². The van der Waals surface area contributed by atoms with Crippen LogP contribution < -0.4 is 11.2 Å². The summed E-state index contributed by atoms with van der Waals surface area (Å²) in [7, 11) is 0. The van der Waals surface area contributed by atoms with Gasteiger partial charge in [-0.05, 0) is 36.9 Å². The first-order valence-corrected chi connectivity index (χ1v) is 4.93. The van der Waals surface area contributed by atoms with Crippen molar-refractivity contribution in [2.24, 2.45) is 28.6 Å². The molecule has 0 heterocycles. The number of hydrogen-bond donors (Lipinski definition) is 2. The molecule has 0 amide bonds. The lowest BCUT2D eigenvalue weighted by atomic mass is 9.95. The molecule has 0 aliphatic heterocycles. The van der Waals surface area contributed by atoms with Gasteiger partial charge in [-0.2, -0.15) is 5.10 Å². The van der Waals surface area contributed by atoms with Crippen molar-refractivity contribution < 1.29 is 0 Å². The molecule has 0 aromatic rings. The second-order valence-electron chi connectivity index (χ2n) is 3.70. The Balaban J connectivity index is 1.86. The van der Waals surface area contributed by atoms with Gasteiger partial charge in [-0.15, -0.1) is 0 Å². The zero-order chi connectivity index (χ0) is 9.26. The molecule has 3 nitrogen and oxygen atoms in total. The smallest absolute Gasteiger partial charge is 0.184 e. The molecule has 0 aromatic heterocycles. The molecule has 2 bridgehead atoms. The summed E-state index contributed by atoms with van der Waals surface area (Å²) < 4.78 is 0. The van der Waals surface area contributed by atoms with Crippen LogP contribution in [-0.4, -0.2) is 11.3 Å². The van der Waals surface area contributed by atoms with Gasteiger partial charge >= 0.3 is 0 Å². The molecule has 3 atom stereocenters. The third-order valence-electron chi connectivity index (χ3n) is 2.77. The van der Waals surface area contributed by atoms with Crippen LogP contribution in [0.25, 0.3) is 0 Å². The number of thiocarbonyl (C=S) groups is 1. The Morgan fingerprint density at radius 1 is 1.54 bits per heavy atom. The number of nitrogens with one attached hydrogen (secondary N) is 1. The van der Waals surface area contributed by atoms with Crippen LogP contribution in [0.4, 0.5) is 0 Å². The van der Waals surface area contributed by atoms with E-state index in [1.54, 1.807) is 0 Å². The van der Waals surface area contributed by atoms with Gasteiger partial charge in [-0.3, -0.25) is 5.43 Å². The average Bonchev–Trinajstić information content (AvgIpc) is 2.64. The summed E-state index contributed by atoms with van der Waals surface area (Å²) in [5, 5.41) is 4.23. The minimum Gasteiger partial charge on any atom is -0.375 e. The van der Waals surface area contributed by atoms with Crippen molar-refractivity contribution in [1.29, 1.82) is 0 Å². The van der Waals surface area contributed by atoms with Gasteiger partial charge in [0.1, 0.15) is 0 Å². The minimum absolute atomic E-state index is 0.231. The van der Waals surface area contributed by atoms with Gasteiger partial charge in [-0.25, -0.2) is 0 Å². The molecule has 0 radical (unpaired) electrons. The van der Waals surface area contributed by atoms with Gasteiger partial charge in [0, 0.05) is 12.1 Å². The Hall–Kier alpha value is -0.900. The number of hydrogen-bond acceptors (Lipinski definition) is 2. The first-order valence-electron chi connectivity index (χ1n) is 4.52. The average molecular weight is 195 g/mol. The van der Waals surface area contributed by atoms with Crippen molar-refractivity contribution in [3.05, 3.63) is 12.2 Å². The number of nitrogens with zero attached hydrogens (tertiary/aromatic N) is 1. The Labute approximate surface area is 83.1 Å². The Morgan fingerprint density at radius 3 is 2.92 bits per heavy atom. The van der Waals surface area contributed by atoms with Crippen LogP contribution in [0.1, 0.15) is 12.8 Å². The zero-order valence-electron chi connectivity index (χ0n) is 7.31. The van der Waals surface area contributed by atoms with E-state index < -0.39 is 0 Å². The summed E-state index contributed by atoms with van der Waals surface area (Å²) >= 11 is 4.64. The topological polar surface area (TPSA) is 50.4 Å². The summed E-state index contributed by atoms with van der Waals surface area (Å²) in [5.74, 6) is 2.06. The van der Waals surface area contributed by atoms with Crippen LogP contribution >= 0.6 is 12.2 Å². The highest BCUT2D eigenvalue weighted by Crippen LogP contribution is 2.42. The van der Waals surface area contributed by atoms with E-state index in [9.17, 15) is 0 Å². The van der Waals surface area contributed by atoms with E-state index in [1.807, 2.05) is 6.21 Å². The Morgan fingerprint density at radius 2 is 2.38 bits per heavy atom. The Kier molecular flexibility index (Phi) is 2.31. The maximum Gasteiger partial charge on any atom is 0.184 e. The lowest BCUT2D eigenvalue weighted by Crippen LogP contribution is -2.25. The van der Waals surface area contributed by atoms with E-state index in [2.05, 4.69) is 34.9 Å². The highest BCUT2D eigenvalue weighted by Gasteiger charge is 2.34. The van der Waals surface area contributed by atoms with E-state index in [4.69, 9.17) is 5.73 Å². The lowest BCUT2D eigenvalue weighted by molar-refractivity contribution is 0.592. The lowest BCUT2D eigenvalue weighted by Gasteiger charge is -2.11. The first-order chi connectivity index (χ1) is 6.25. The van der Waals surface area contributed by atoms with E-state index in [0.29, 0.717) is 11.8 Å². The Bertz CT molecular complexity index is 272. The molecule has 13 heavy (non-hydrogen) atoms. The maximum absolute atomic E-state index is 5.25. The number of fused-ring (bicyclic) bond motifs is 2. The van der Waals surface area contributed by atoms with E-state index in [1.165, 1.54) is 12.8 Å². The highest BCUT2D eigenvalue weighted by molar-refractivity contribution is 7.80. The molecule has 1 saturated carbocycles. The van der Waals surface area contributed by atoms with Crippen molar-refractivity contribution in [2.75, 3.05) is 0 Å². The summed E-state index contributed by atoms with van der Waals surface area (Å²) in [6, 6.07) is 0. The van der Waals surface area contributed by atoms with Gasteiger partial charge in [0.05, 0.1) is 0 Å². The first kappa shape index (κ1) is 8.69. The fourth-order valence-corrected chi connectivity index (χ4v) is 2.24. The van der Waals surface area contributed by atoms with E-state index >= 15 is 0 Å². The molecule has 3 N–H and O–H groups in total. The van der Waals surface area contributed by atoms with Crippen LogP contribution in [0.15, 0.2) is 17.3 Å². The van der Waals surface area contributed by atoms with Crippen LogP contribution in [-0.2, 0) is 0 Å². The number of rotatable bonds is 2. The fraction of sp³-hybridized carbons (Fsp3) is 0.556. The molecule has 2 aliphatic rings. The van der Waals surface area contributed by atoms with E-state index in [-0.39, 0.29) is 5.11 Å². The fourth-order valence-electron chi connectivity index (χ4n) is 2.19. The third kappa shape index (κ3) is 1.88. The van der Waals surface area contributed by atoms with Gasteiger partial charge in [-0.1, -0.05) is 12.2 Å². The molecule has 1 fully saturated rings. The molecule has 70 valence electrons. The summed E-state index contributed by atoms with van der Waals surface area (Å²) in [6.45, 7) is 0. The van der Waals surface area contributed by atoms with Crippen LogP contribution in [0.2, 0.25) is 0 Å². The second kappa shape index (κ2) is 3.46. The minimum atomic E-state index is 0.231. The molecular formula is C9H13N3S. The monoisotopic (exact) mass is 195 g/mol. The van der Waals surface area contributed by atoms with Crippen molar-refractivity contribution >= 4 is 23.5 Å². The SMILES string of the molecule is NC(=S)NN=CC1CC2C=CC1C2. The van der Waals surface area contributed by atoms with Gasteiger partial charge in [0.25, 0.3) is 0 Å². The standard InChI is InChI=1S/C9H13N3S/c10-9(13)12-11-5-8-4-6-1-2-7(8)3-6/h1-2,5-8H,3-4H2,(H3,10,12,13). The van der Waals surface area contributed by atoms with Crippen molar-refractivity contribution in [3.8, 4) is 0 Å². The summed E-state index contributed by atoms with van der Waals surface area (Å²) in [4.78, 5) is 0. The van der Waals surface area contributed by atoms with Crippen LogP contribution in [0.5, 0.6) is 0 Å². The predicted octanol–water partition coefficient (Wildman–Crippen LogP) is 1.02.